The number of carbonyl (C=O) groups is 1. The Kier molecular flexibility index (Phi) is 7.31. The minimum atomic E-state index is -0.734. The van der Waals surface area contributed by atoms with Gasteiger partial charge in [-0.05, 0) is 18.0 Å². The molecule has 0 heterocycles. The third kappa shape index (κ3) is 4.97. The second kappa shape index (κ2) is 8.75. The molecule has 1 aromatic carbocycles. The van der Waals surface area contributed by atoms with Gasteiger partial charge in [-0.1, -0.05) is 63.9 Å². The lowest BCUT2D eigenvalue weighted by atomic mass is 9.97. The van der Waals surface area contributed by atoms with Crippen LogP contribution in [-0.2, 0) is 4.79 Å². The van der Waals surface area contributed by atoms with Crippen LogP contribution in [0, 0.1) is 5.92 Å². The fraction of sp³-hybridized carbons (Fsp3) is 0.588. The first kappa shape index (κ1) is 16.7. The lowest BCUT2D eigenvalue weighted by Gasteiger charge is -2.33. The van der Waals surface area contributed by atoms with E-state index in [0.717, 1.165) is 31.5 Å². The van der Waals surface area contributed by atoms with Crippen LogP contribution in [0.15, 0.2) is 30.3 Å². The molecule has 0 amide bonds. The fourth-order valence-corrected chi connectivity index (χ4v) is 2.65. The van der Waals surface area contributed by atoms with Crippen LogP contribution in [-0.4, -0.2) is 29.1 Å². The molecular weight excluding hydrogens is 250 g/mol. The monoisotopic (exact) mass is 277 g/mol. The van der Waals surface area contributed by atoms with Gasteiger partial charge in [-0.15, -0.1) is 0 Å². The van der Waals surface area contributed by atoms with E-state index in [1.54, 1.807) is 0 Å². The van der Waals surface area contributed by atoms with Gasteiger partial charge in [-0.3, -0.25) is 9.69 Å². The molecule has 0 fully saturated rings. The predicted octanol–water partition coefficient (Wildman–Crippen LogP) is 3.96. The lowest BCUT2D eigenvalue weighted by Crippen LogP contribution is -2.34. The summed E-state index contributed by atoms with van der Waals surface area (Å²) >= 11 is 0. The summed E-state index contributed by atoms with van der Waals surface area (Å²) in [7, 11) is 0. The predicted molar refractivity (Wildman–Crippen MR) is 82.8 cm³/mol. The van der Waals surface area contributed by atoms with Crippen molar-refractivity contribution in [2.24, 2.45) is 5.92 Å². The molecule has 1 atom stereocenters. The van der Waals surface area contributed by atoms with Gasteiger partial charge in [0.05, 0.1) is 6.42 Å². The smallest absolute Gasteiger partial charge is 0.305 e. The van der Waals surface area contributed by atoms with Crippen LogP contribution in [0.4, 0.5) is 0 Å². The number of rotatable bonds is 9. The fourth-order valence-electron chi connectivity index (χ4n) is 2.65. The number of nitrogens with zero attached hydrogens (tertiary/aromatic N) is 1. The highest BCUT2D eigenvalue weighted by atomic mass is 16.4. The zero-order valence-electron chi connectivity index (χ0n) is 12.9. The molecule has 0 saturated heterocycles. The standard InChI is InChI=1S/C17H27NO2/c1-4-14(5-2)13-18(6-3)16(12-17(19)20)15-10-8-7-9-11-15/h7-11,14,16H,4-6,12-13H2,1-3H3,(H,19,20). The highest BCUT2D eigenvalue weighted by molar-refractivity contribution is 5.67. The van der Waals surface area contributed by atoms with Crippen LogP contribution in [0.25, 0.3) is 0 Å². The molecule has 0 aromatic heterocycles. The molecule has 0 spiro atoms. The number of benzene rings is 1. The van der Waals surface area contributed by atoms with Crippen molar-refractivity contribution in [3.05, 3.63) is 35.9 Å². The van der Waals surface area contributed by atoms with E-state index in [4.69, 9.17) is 0 Å². The first-order valence-electron chi connectivity index (χ1n) is 7.63. The van der Waals surface area contributed by atoms with Gasteiger partial charge in [0.1, 0.15) is 0 Å². The lowest BCUT2D eigenvalue weighted by molar-refractivity contribution is -0.138. The second-order valence-corrected chi connectivity index (χ2v) is 5.29. The third-order valence-corrected chi connectivity index (χ3v) is 4.05. The molecule has 0 bridgehead atoms. The first-order valence-corrected chi connectivity index (χ1v) is 7.63. The maximum Gasteiger partial charge on any atom is 0.305 e. The van der Waals surface area contributed by atoms with Crippen molar-refractivity contribution < 1.29 is 9.90 Å². The molecule has 0 aliphatic rings. The number of hydrogen-bond acceptors (Lipinski definition) is 2. The summed E-state index contributed by atoms with van der Waals surface area (Å²) in [5, 5.41) is 9.21. The summed E-state index contributed by atoms with van der Waals surface area (Å²) in [6, 6.07) is 9.97. The molecule has 1 aromatic rings. The van der Waals surface area contributed by atoms with Crippen LogP contribution in [0.2, 0.25) is 0 Å². The zero-order chi connectivity index (χ0) is 15.0. The Morgan fingerprint density at radius 1 is 1.15 bits per heavy atom. The van der Waals surface area contributed by atoms with Crippen molar-refractivity contribution in [1.29, 1.82) is 0 Å². The van der Waals surface area contributed by atoms with E-state index in [0.29, 0.717) is 5.92 Å². The van der Waals surface area contributed by atoms with Gasteiger partial charge in [0, 0.05) is 12.6 Å². The Bertz CT molecular complexity index is 387. The van der Waals surface area contributed by atoms with Crippen molar-refractivity contribution in [3.63, 3.8) is 0 Å². The van der Waals surface area contributed by atoms with E-state index in [9.17, 15) is 9.90 Å². The maximum absolute atomic E-state index is 11.2. The topological polar surface area (TPSA) is 40.5 Å². The molecule has 0 aliphatic heterocycles. The van der Waals surface area contributed by atoms with E-state index < -0.39 is 5.97 Å². The average Bonchev–Trinajstić information content (AvgIpc) is 2.47. The number of carboxylic acid groups (broad SMARTS) is 1. The van der Waals surface area contributed by atoms with Gasteiger partial charge in [-0.2, -0.15) is 0 Å². The molecular formula is C17H27NO2. The quantitative estimate of drug-likeness (QED) is 0.742. The third-order valence-electron chi connectivity index (χ3n) is 4.05. The minimum absolute atomic E-state index is 0.0284. The molecule has 1 rings (SSSR count). The van der Waals surface area contributed by atoms with Crippen LogP contribution >= 0.6 is 0 Å². The van der Waals surface area contributed by atoms with Crippen molar-refractivity contribution >= 4 is 5.97 Å². The first-order chi connectivity index (χ1) is 9.62. The van der Waals surface area contributed by atoms with E-state index >= 15 is 0 Å². The number of carboxylic acids is 1. The highest BCUT2D eigenvalue weighted by Gasteiger charge is 2.23. The largest absolute Gasteiger partial charge is 0.481 e. The summed E-state index contributed by atoms with van der Waals surface area (Å²) in [6.45, 7) is 8.37. The van der Waals surface area contributed by atoms with Gasteiger partial charge >= 0.3 is 5.97 Å². The van der Waals surface area contributed by atoms with Crippen LogP contribution < -0.4 is 0 Å². The van der Waals surface area contributed by atoms with Crippen LogP contribution in [0.1, 0.15) is 51.6 Å². The molecule has 3 heteroatoms. The minimum Gasteiger partial charge on any atom is -0.481 e. The Morgan fingerprint density at radius 3 is 2.20 bits per heavy atom. The molecule has 0 saturated carbocycles. The summed E-state index contributed by atoms with van der Waals surface area (Å²) in [5.41, 5.74) is 1.10. The van der Waals surface area contributed by atoms with Gasteiger partial charge in [0.2, 0.25) is 0 Å². The van der Waals surface area contributed by atoms with Gasteiger partial charge in [0.15, 0.2) is 0 Å². The SMILES string of the molecule is CCC(CC)CN(CC)C(CC(=O)O)c1ccccc1. The maximum atomic E-state index is 11.2. The van der Waals surface area contributed by atoms with Gasteiger partial charge in [0.25, 0.3) is 0 Å². The second-order valence-electron chi connectivity index (χ2n) is 5.29. The molecule has 3 nitrogen and oxygen atoms in total. The summed E-state index contributed by atoms with van der Waals surface area (Å²) < 4.78 is 0. The van der Waals surface area contributed by atoms with Crippen molar-refractivity contribution in [2.75, 3.05) is 13.1 Å². The van der Waals surface area contributed by atoms with Crippen molar-refractivity contribution in [3.8, 4) is 0 Å². The Balaban J connectivity index is 2.92. The summed E-state index contributed by atoms with van der Waals surface area (Å²) in [6.07, 6.45) is 2.45. The zero-order valence-corrected chi connectivity index (χ0v) is 12.9. The van der Waals surface area contributed by atoms with E-state index in [2.05, 4.69) is 25.7 Å². The molecule has 1 N–H and O–H groups in total. The summed E-state index contributed by atoms with van der Waals surface area (Å²) in [4.78, 5) is 13.5. The van der Waals surface area contributed by atoms with Gasteiger partial charge < -0.3 is 5.11 Å². The van der Waals surface area contributed by atoms with E-state index in [1.807, 2.05) is 30.3 Å². The van der Waals surface area contributed by atoms with Crippen molar-refractivity contribution in [2.45, 2.75) is 46.1 Å². The molecule has 20 heavy (non-hydrogen) atoms. The average molecular weight is 277 g/mol. The Morgan fingerprint density at radius 2 is 1.75 bits per heavy atom. The summed E-state index contributed by atoms with van der Waals surface area (Å²) in [5.74, 6) is -0.100. The van der Waals surface area contributed by atoms with Crippen molar-refractivity contribution in [1.82, 2.24) is 4.90 Å². The van der Waals surface area contributed by atoms with Crippen LogP contribution in [0.5, 0.6) is 0 Å². The molecule has 0 aliphatic carbocycles. The Labute approximate surface area is 122 Å². The van der Waals surface area contributed by atoms with Crippen LogP contribution in [0.3, 0.4) is 0 Å². The Hall–Kier alpha value is -1.35. The highest BCUT2D eigenvalue weighted by Crippen LogP contribution is 2.26. The molecule has 0 radical (unpaired) electrons. The normalized spacial score (nSPS) is 12.8. The van der Waals surface area contributed by atoms with E-state index in [1.165, 1.54) is 0 Å². The van der Waals surface area contributed by atoms with Gasteiger partial charge in [-0.25, -0.2) is 0 Å². The molecule has 112 valence electrons. The van der Waals surface area contributed by atoms with E-state index in [-0.39, 0.29) is 12.5 Å². The number of hydrogen-bond donors (Lipinski definition) is 1. The molecule has 1 unspecified atom stereocenters. The number of aliphatic carboxylic acids is 1.